The number of fused-ring (bicyclic) bond motifs is 1. The molecule has 2 atom stereocenters. The number of aliphatic hydroxyl groups excluding tert-OH is 1. The fourth-order valence-electron chi connectivity index (χ4n) is 1.72. The van der Waals surface area contributed by atoms with Crippen molar-refractivity contribution in [2.75, 3.05) is 0 Å². The number of halogens is 3. The normalized spacial score (nSPS) is 25.2. The van der Waals surface area contributed by atoms with Crippen molar-refractivity contribution in [3.8, 4) is 0 Å². The Kier molecular flexibility index (Phi) is 3.03. The maximum Gasteiger partial charge on any atom is 0.471 e. The molecule has 0 spiro atoms. The van der Waals surface area contributed by atoms with Crippen LogP contribution in [-0.2, 0) is 4.79 Å². The first-order valence-electron chi connectivity index (χ1n) is 4.71. The lowest BCUT2D eigenvalue weighted by atomic mass is 10.1. The lowest BCUT2D eigenvalue weighted by molar-refractivity contribution is -0.174. The third-order valence-electron chi connectivity index (χ3n) is 2.51. The first-order valence-corrected chi connectivity index (χ1v) is 5.59. The Morgan fingerprint density at radius 3 is 2.72 bits per heavy atom. The van der Waals surface area contributed by atoms with Crippen molar-refractivity contribution >= 4 is 23.0 Å². The van der Waals surface area contributed by atoms with Crippen LogP contribution in [0.15, 0.2) is 16.6 Å². The topological polar surface area (TPSA) is 81.9 Å². The van der Waals surface area contributed by atoms with Crippen molar-refractivity contribution in [3.63, 3.8) is 0 Å². The largest absolute Gasteiger partial charge is 0.471 e. The van der Waals surface area contributed by atoms with Gasteiger partial charge in [0.2, 0.25) is 0 Å². The number of thiophene rings is 1. The lowest BCUT2D eigenvalue weighted by Crippen LogP contribution is -2.42. The number of nitrogens with zero attached hydrogens (tertiary/aromatic N) is 1. The van der Waals surface area contributed by atoms with Gasteiger partial charge in [0, 0.05) is 0 Å². The van der Waals surface area contributed by atoms with E-state index in [0.29, 0.717) is 10.4 Å². The summed E-state index contributed by atoms with van der Waals surface area (Å²) in [6.45, 7) is 0. The van der Waals surface area contributed by atoms with Crippen LogP contribution in [0.5, 0.6) is 0 Å². The molecule has 1 aliphatic carbocycles. The number of oxime groups is 1. The van der Waals surface area contributed by atoms with Gasteiger partial charge in [0.05, 0.1) is 10.9 Å². The third-order valence-corrected chi connectivity index (χ3v) is 3.46. The van der Waals surface area contributed by atoms with Crippen molar-refractivity contribution in [2.45, 2.75) is 18.3 Å². The standard InChI is InChI=1S/C9H7F3N2O3S/c10-9(11,12)8(16)13-4-3-1-2-18-7(3)5(14-17)6(4)15/h1-2,4,6,15,17H,(H,13,16)/b14-5+/t4-,6+/m1/s1. The van der Waals surface area contributed by atoms with Gasteiger partial charge in [0.25, 0.3) is 0 Å². The SMILES string of the molecule is O=C(N[C@@H]1c2ccsc2/C(=N/O)[C@H]1O)C(F)(F)F. The molecule has 98 valence electrons. The highest BCUT2D eigenvalue weighted by molar-refractivity contribution is 7.12. The molecular formula is C9H7F3N2O3S. The highest BCUT2D eigenvalue weighted by Gasteiger charge is 2.45. The van der Waals surface area contributed by atoms with E-state index in [1.54, 1.807) is 10.7 Å². The molecule has 1 aliphatic rings. The lowest BCUT2D eigenvalue weighted by Gasteiger charge is -2.18. The molecule has 1 aromatic heterocycles. The Balaban J connectivity index is 2.29. The number of hydrogen-bond donors (Lipinski definition) is 3. The summed E-state index contributed by atoms with van der Waals surface area (Å²) in [6, 6.07) is 0.203. The zero-order valence-electron chi connectivity index (χ0n) is 8.60. The minimum atomic E-state index is -5.03. The Labute approximate surface area is 103 Å². The van der Waals surface area contributed by atoms with E-state index in [0.717, 1.165) is 11.3 Å². The van der Waals surface area contributed by atoms with E-state index in [1.165, 1.54) is 6.07 Å². The number of nitrogens with one attached hydrogen (secondary N) is 1. The van der Waals surface area contributed by atoms with Crippen LogP contribution < -0.4 is 5.32 Å². The average molecular weight is 280 g/mol. The average Bonchev–Trinajstić information content (AvgIpc) is 2.81. The fraction of sp³-hybridized carbons (Fsp3) is 0.333. The van der Waals surface area contributed by atoms with Gasteiger partial charge in [-0.15, -0.1) is 11.3 Å². The highest BCUT2D eigenvalue weighted by Crippen LogP contribution is 2.36. The molecule has 3 N–H and O–H groups in total. The number of carbonyl (C=O) groups excluding carboxylic acids is 1. The zero-order chi connectivity index (χ0) is 13.5. The van der Waals surface area contributed by atoms with E-state index in [-0.39, 0.29) is 5.71 Å². The maximum absolute atomic E-state index is 12.1. The first-order chi connectivity index (χ1) is 8.36. The highest BCUT2D eigenvalue weighted by atomic mass is 32.1. The maximum atomic E-state index is 12.1. The van der Waals surface area contributed by atoms with Crippen LogP contribution in [0.2, 0.25) is 0 Å². The first kappa shape index (κ1) is 12.8. The molecule has 0 aliphatic heterocycles. The second-order valence-electron chi connectivity index (χ2n) is 3.58. The number of alkyl halides is 3. The zero-order valence-corrected chi connectivity index (χ0v) is 9.42. The van der Waals surface area contributed by atoms with Gasteiger partial charge in [-0.2, -0.15) is 13.2 Å². The molecule has 0 radical (unpaired) electrons. The molecular weight excluding hydrogens is 273 g/mol. The second-order valence-corrected chi connectivity index (χ2v) is 4.50. The van der Waals surface area contributed by atoms with E-state index in [2.05, 4.69) is 5.16 Å². The minimum absolute atomic E-state index is 0.146. The van der Waals surface area contributed by atoms with Crippen molar-refractivity contribution in [3.05, 3.63) is 21.9 Å². The van der Waals surface area contributed by atoms with Crippen LogP contribution in [0, 0.1) is 0 Å². The smallest absolute Gasteiger partial charge is 0.411 e. The van der Waals surface area contributed by atoms with Crippen LogP contribution in [0.4, 0.5) is 13.2 Å². The molecule has 0 saturated heterocycles. The fourth-order valence-corrected chi connectivity index (χ4v) is 2.68. The molecule has 9 heteroatoms. The van der Waals surface area contributed by atoms with Gasteiger partial charge >= 0.3 is 12.1 Å². The Morgan fingerprint density at radius 2 is 2.17 bits per heavy atom. The predicted octanol–water partition coefficient (Wildman–Crippen LogP) is 1.02. The van der Waals surface area contributed by atoms with E-state index in [9.17, 15) is 23.1 Å². The molecule has 5 nitrogen and oxygen atoms in total. The van der Waals surface area contributed by atoms with Gasteiger partial charge in [-0.3, -0.25) is 4.79 Å². The van der Waals surface area contributed by atoms with Crippen LogP contribution in [0.3, 0.4) is 0 Å². The van der Waals surface area contributed by atoms with Crippen LogP contribution in [-0.4, -0.2) is 34.2 Å². The summed E-state index contributed by atoms with van der Waals surface area (Å²) >= 11 is 1.10. The van der Waals surface area contributed by atoms with Gasteiger partial charge in [-0.05, 0) is 17.0 Å². The Hall–Kier alpha value is -1.61. The molecule has 1 heterocycles. The molecule has 1 amide bonds. The van der Waals surface area contributed by atoms with Gasteiger partial charge in [0.15, 0.2) is 0 Å². The minimum Gasteiger partial charge on any atom is -0.411 e. The van der Waals surface area contributed by atoms with Crippen molar-refractivity contribution in [1.82, 2.24) is 5.32 Å². The van der Waals surface area contributed by atoms with Crippen molar-refractivity contribution in [1.29, 1.82) is 0 Å². The number of aliphatic hydroxyl groups is 1. The van der Waals surface area contributed by atoms with Gasteiger partial charge in [-0.25, -0.2) is 0 Å². The number of rotatable bonds is 1. The number of hydrogen-bond acceptors (Lipinski definition) is 5. The molecule has 18 heavy (non-hydrogen) atoms. The molecule has 0 fully saturated rings. The summed E-state index contributed by atoms with van der Waals surface area (Å²) < 4.78 is 36.4. The monoisotopic (exact) mass is 280 g/mol. The Morgan fingerprint density at radius 1 is 1.50 bits per heavy atom. The van der Waals surface area contributed by atoms with Gasteiger partial charge < -0.3 is 15.6 Å². The van der Waals surface area contributed by atoms with Crippen LogP contribution in [0.1, 0.15) is 16.5 Å². The quantitative estimate of drug-likeness (QED) is 0.530. The molecule has 2 rings (SSSR count). The molecule has 0 bridgehead atoms. The van der Waals surface area contributed by atoms with E-state index >= 15 is 0 Å². The third kappa shape index (κ3) is 1.95. The van der Waals surface area contributed by atoms with E-state index < -0.39 is 24.2 Å². The number of amides is 1. The van der Waals surface area contributed by atoms with E-state index in [1.807, 2.05) is 0 Å². The second kappa shape index (κ2) is 4.25. The number of carbonyl (C=O) groups is 1. The molecule has 1 aromatic rings. The summed E-state index contributed by atoms with van der Waals surface area (Å²) in [5.74, 6) is -2.15. The predicted molar refractivity (Wildman–Crippen MR) is 55.6 cm³/mol. The van der Waals surface area contributed by atoms with Gasteiger partial charge in [-0.1, -0.05) is 5.16 Å². The summed E-state index contributed by atoms with van der Waals surface area (Å²) in [5.41, 5.74) is 0.158. The van der Waals surface area contributed by atoms with Crippen LogP contribution >= 0.6 is 11.3 Å². The molecule has 0 aromatic carbocycles. The summed E-state index contributed by atoms with van der Waals surface area (Å²) in [4.78, 5) is 11.2. The summed E-state index contributed by atoms with van der Waals surface area (Å²) in [7, 11) is 0. The molecule has 0 saturated carbocycles. The summed E-state index contributed by atoms with van der Waals surface area (Å²) in [5, 5.41) is 24.5. The Bertz CT molecular complexity index is 511. The van der Waals surface area contributed by atoms with E-state index in [4.69, 9.17) is 5.21 Å². The van der Waals surface area contributed by atoms with Gasteiger partial charge in [0.1, 0.15) is 11.8 Å². The molecule has 0 unspecified atom stereocenters. The summed E-state index contributed by atoms with van der Waals surface area (Å²) in [6.07, 6.45) is -6.53. The van der Waals surface area contributed by atoms with Crippen molar-refractivity contribution < 1.29 is 28.3 Å². The van der Waals surface area contributed by atoms with Crippen LogP contribution in [0.25, 0.3) is 0 Å². The van der Waals surface area contributed by atoms with Crippen molar-refractivity contribution in [2.24, 2.45) is 5.16 Å².